The summed E-state index contributed by atoms with van der Waals surface area (Å²) in [7, 11) is 0. The number of rotatable bonds is 1. The Hall–Kier alpha value is -1.78. The number of nitrogens with two attached hydrogens (primary N) is 1. The van der Waals surface area contributed by atoms with Gasteiger partial charge >= 0.3 is 0 Å². The van der Waals surface area contributed by atoms with E-state index in [0.717, 1.165) is 44.6 Å². The molecule has 2 saturated heterocycles. The largest absolute Gasteiger partial charge is 0.384 e. The monoisotopic (exact) mass is 246 g/mol. The van der Waals surface area contributed by atoms with Gasteiger partial charge in [-0.3, -0.25) is 4.79 Å². The van der Waals surface area contributed by atoms with Gasteiger partial charge in [-0.05, 0) is 31.4 Å². The van der Waals surface area contributed by atoms with E-state index in [-0.39, 0.29) is 11.3 Å². The molecule has 0 aliphatic carbocycles. The Morgan fingerprint density at radius 1 is 1.28 bits per heavy atom. The van der Waals surface area contributed by atoms with Gasteiger partial charge in [0, 0.05) is 19.6 Å². The van der Waals surface area contributed by atoms with Crippen molar-refractivity contribution >= 4 is 17.4 Å². The SMILES string of the molecule is Nc1ccc(N2CCC3(CCNC3=O)CC2)cn1. The van der Waals surface area contributed by atoms with Crippen LogP contribution < -0.4 is 16.0 Å². The molecule has 2 aliphatic rings. The fraction of sp³-hybridized carbons (Fsp3) is 0.538. The van der Waals surface area contributed by atoms with Gasteiger partial charge in [0.25, 0.3) is 0 Å². The minimum atomic E-state index is -0.0995. The number of piperidine rings is 1. The quantitative estimate of drug-likeness (QED) is 0.768. The maximum atomic E-state index is 11.9. The van der Waals surface area contributed by atoms with Crippen LogP contribution in [0.3, 0.4) is 0 Å². The highest BCUT2D eigenvalue weighted by molar-refractivity contribution is 5.85. The summed E-state index contributed by atoms with van der Waals surface area (Å²) in [6, 6.07) is 3.82. The zero-order valence-electron chi connectivity index (χ0n) is 10.4. The zero-order chi connectivity index (χ0) is 12.6. The second kappa shape index (κ2) is 4.15. The molecule has 2 fully saturated rings. The predicted octanol–water partition coefficient (Wildman–Crippen LogP) is 0.770. The van der Waals surface area contributed by atoms with Crippen molar-refractivity contribution in [1.82, 2.24) is 10.3 Å². The third kappa shape index (κ3) is 1.79. The molecule has 0 radical (unpaired) electrons. The molecular weight excluding hydrogens is 228 g/mol. The summed E-state index contributed by atoms with van der Waals surface area (Å²) in [5, 5.41) is 2.96. The van der Waals surface area contributed by atoms with Gasteiger partial charge in [-0.25, -0.2) is 4.98 Å². The van der Waals surface area contributed by atoms with Crippen molar-refractivity contribution in [3.05, 3.63) is 18.3 Å². The van der Waals surface area contributed by atoms with Crippen LogP contribution in [0, 0.1) is 5.41 Å². The van der Waals surface area contributed by atoms with Crippen LogP contribution in [0.1, 0.15) is 19.3 Å². The van der Waals surface area contributed by atoms with Crippen molar-refractivity contribution in [3.8, 4) is 0 Å². The standard InChI is InChI=1S/C13H18N4O/c14-11-2-1-10(9-16-11)17-7-4-13(5-8-17)3-6-15-12(13)18/h1-2,9H,3-8H2,(H2,14,16)(H,15,18). The Morgan fingerprint density at radius 3 is 2.61 bits per heavy atom. The first-order valence-corrected chi connectivity index (χ1v) is 6.44. The zero-order valence-corrected chi connectivity index (χ0v) is 10.4. The average Bonchev–Trinajstić information content (AvgIpc) is 2.73. The third-order valence-electron chi connectivity index (χ3n) is 4.23. The maximum Gasteiger partial charge on any atom is 0.226 e. The van der Waals surface area contributed by atoms with Gasteiger partial charge < -0.3 is 16.0 Å². The fourth-order valence-corrected chi connectivity index (χ4v) is 2.97. The molecule has 3 rings (SSSR count). The molecule has 18 heavy (non-hydrogen) atoms. The van der Waals surface area contributed by atoms with Crippen LogP contribution in [0.15, 0.2) is 18.3 Å². The van der Waals surface area contributed by atoms with Gasteiger partial charge in [0.05, 0.1) is 17.3 Å². The smallest absolute Gasteiger partial charge is 0.226 e. The van der Waals surface area contributed by atoms with Crippen molar-refractivity contribution in [1.29, 1.82) is 0 Å². The topological polar surface area (TPSA) is 71.2 Å². The van der Waals surface area contributed by atoms with Crippen molar-refractivity contribution in [2.24, 2.45) is 5.41 Å². The molecule has 0 aromatic carbocycles. The van der Waals surface area contributed by atoms with Crippen LogP contribution in [0.5, 0.6) is 0 Å². The van der Waals surface area contributed by atoms with E-state index >= 15 is 0 Å². The summed E-state index contributed by atoms with van der Waals surface area (Å²) in [5.74, 6) is 0.792. The number of pyridine rings is 1. The molecule has 0 unspecified atom stereocenters. The number of aromatic nitrogens is 1. The van der Waals surface area contributed by atoms with E-state index in [2.05, 4.69) is 15.2 Å². The lowest BCUT2D eigenvalue weighted by atomic mass is 9.77. The number of amides is 1. The molecule has 1 amide bonds. The Bertz CT molecular complexity index is 449. The molecule has 1 spiro atoms. The summed E-state index contributed by atoms with van der Waals surface area (Å²) < 4.78 is 0. The molecule has 96 valence electrons. The maximum absolute atomic E-state index is 11.9. The lowest BCUT2D eigenvalue weighted by Crippen LogP contribution is -2.44. The molecule has 3 N–H and O–H groups in total. The minimum Gasteiger partial charge on any atom is -0.384 e. The Labute approximate surface area is 106 Å². The summed E-state index contributed by atoms with van der Waals surface area (Å²) in [6.07, 6.45) is 4.66. The van der Waals surface area contributed by atoms with E-state index in [9.17, 15) is 4.79 Å². The summed E-state index contributed by atoms with van der Waals surface area (Å²) in [5.41, 5.74) is 6.58. The number of nitrogens with one attached hydrogen (secondary N) is 1. The number of carbonyl (C=O) groups excluding carboxylic acids is 1. The van der Waals surface area contributed by atoms with Crippen LogP contribution in [0.25, 0.3) is 0 Å². The molecule has 1 aromatic rings. The summed E-state index contributed by atoms with van der Waals surface area (Å²) >= 11 is 0. The van der Waals surface area contributed by atoms with E-state index in [1.165, 1.54) is 0 Å². The second-order valence-electron chi connectivity index (χ2n) is 5.21. The van der Waals surface area contributed by atoms with Gasteiger partial charge in [0.2, 0.25) is 5.91 Å². The molecule has 0 bridgehead atoms. The molecule has 5 heteroatoms. The third-order valence-corrected chi connectivity index (χ3v) is 4.23. The van der Waals surface area contributed by atoms with Crippen LogP contribution >= 0.6 is 0 Å². The molecular formula is C13H18N4O. The van der Waals surface area contributed by atoms with E-state index in [1.54, 1.807) is 0 Å². The van der Waals surface area contributed by atoms with Crippen LogP contribution in [0.4, 0.5) is 11.5 Å². The van der Waals surface area contributed by atoms with E-state index in [0.29, 0.717) is 5.82 Å². The van der Waals surface area contributed by atoms with Crippen LogP contribution in [0.2, 0.25) is 0 Å². The number of anilines is 2. The van der Waals surface area contributed by atoms with E-state index in [4.69, 9.17) is 5.73 Å². The van der Waals surface area contributed by atoms with Crippen molar-refractivity contribution in [2.75, 3.05) is 30.3 Å². The minimum absolute atomic E-state index is 0.0995. The van der Waals surface area contributed by atoms with Gasteiger partial charge in [0.1, 0.15) is 5.82 Å². The van der Waals surface area contributed by atoms with Crippen LogP contribution in [-0.4, -0.2) is 30.5 Å². The molecule has 5 nitrogen and oxygen atoms in total. The highest BCUT2D eigenvalue weighted by atomic mass is 16.2. The van der Waals surface area contributed by atoms with Crippen LogP contribution in [-0.2, 0) is 4.79 Å². The Kier molecular flexibility index (Phi) is 2.61. The lowest BCUT2D eigenvalue weighted by Gasteiger charge is -2.38. The van der Waals surface area contributed by atoms with E-state index in [1.807, 2.05) is 18.3 Å². The lowest BCUT2D eigenvalue weighted by molar-refractivity contribution is -0.128. The number of hydrogen-bond donors (Lipinski definition) is 2. The average molecular weight is 246 g/mol. The molecule has 3 heterocycles. The first kappa shape index (κ1) is 11.3. The van der Waals surface area contributed by atoms with Crippen molar-refractivity contribution < 1.29 is 4.79 Å². The summed E-state index contributed by atoms with van der Waals surface area (Å²) in [4.78, 5) is 18.3. The normalized spacial score (nSPS) is 22.2. The van der Waals surface area contributed by atoms with Gasteiger partial charge in [-0.1, -0.05) is 0 Å². The number of nitrogen functional groups attached to an aromatic ring is 1. The van der Waals surface area contributed by atoms with Gasteiger partial charge in [0.15, 0.2) is 0 Å². The Morgan fingerprint density at radius 2 is 2.06 bits per heavy atom. The number of nitrogens with zero attached hydrogens (tertiary/aromatic N) is 2. The summed E-state index contributed by atoms with van der Waals surface area (Å²) in [6.45, 7) is 2.67. The first-order chi connectivity index (χ1) is 8.70. The second-order valence-corrected chi connectivity index (χ2v) is 5.21. The molecule has 2 aliphatic heterocycles. The molecule has 1 aromatic heterocycles. The van der Waals surface area contributed by atoms with Gasteiger partial charge in [-0.2, -0.15) is 0 Å². The molecule has 0 atom stereocenters. The van der Waals surface area contributed by atoms with Crippen molar-refractivity contribution in [3.63, 3.8) is 0 Å². The molecule has 0 saturated carbocycles. The number of carbonyl (C=O) groups is 1. The van der Waals surface area contributed by atoms with Gasteiger partial charge in [-0.15, -0.1) is 0 Å². The van der Waals surface area contributed by atoms with E-state index < -0.39 is 0 Å². The van der Waals surface area contributed by atoms with Crippen molar-refractivity contribution in [2.45, 2.75) is 19.3 Å². The Balaban J connectivity index is 1.70. The predicted molar refractivity (Wildman–Crippen MR) is 70.2 cm³/mol. The number of hydrogen-bond acceptors (Lipinski definition) is 4. The highest BCUT2D eigenvalue weighted by Crippen LogP contribution is 2.39. The first-order valence-electron chi connectivity index (χ1n) is 6.44. The fourth-order valence-electron chi connectivity index (χ4n) is 2.97. The highest BCUT2D eigenvalue weighted by Gasteiger charge is 2.44.